The predicted octanol–water partition coefficient (Wildman–Crippen LogP) is 1.29. The van der Waals surface area contributed by atoms with Crippen molar-refractivity contribution in [3.05, 3.63) is 0 Å². The third kappa shape index (κ3) is 7.30. The van der Waals surface area contributed by atoms with Crippen molar-refractivity contribution in [1.82, 2.24) is 5.32 Å². The summed E-state index contributed by atoms with van der Waals surface area (Å²) in [7, 11) is 0. The number of hydrogen-bond acceptors (Lipinski definition) is 3. The Labute approximate surface area is 87.5 Å². The summed E-state index contributed by atoms with van der Waals surface area (Å²) >= 11 is 0. The molecule has 0 aromatic heterocycles. The second-order valence-corrected chi connectivity index (χ2v) is 3.98. The Kier molecular flexibility index (Phi) is 9.35. The Bertz CT molecular complexity index is 116. The van der Waals surface area contributed by atoms with Gasteiger partial charge in [0.15, 0.2) is 0 Å². The van der Waals surface area contributed by atoms with E-state index < -0.39 is 0 Å². The van der Waals surface area contributed by atoms with E-state index in [2.05, 4.69) is 19.2 Å². The highest BCUT2D eigenvalue weighted by atomic mass is 16.3. The molecule has 1 atom stereocenters. The molecule has 0 bridgehead atoms. The Morgan fingerprint density at radius 1 is 1.07 bits per heavy atom. The van der Waals surface area contributed by atoms with E-state index in [0.717, 1.165) is 6.42 Å². The molecule has 0 aromatic rings. The molecule has 3 N–H and O–H groups in total. The lowest BCUT2D eigenvalue weighted by atomic mass is 10.1. The van der Waals surface area contributed by atoms with Gasteiger partial charge >= 0.3 is 0 Å². The van der Waals surface area contributed by atoms with Crippen LogP contribution in [0.1, 0.15) is 46.0 Å². The molecule has 86 valence electrons. The van der Waals surface area contributed by atoms with Crippen molar-refractivity contribution in [1.29, 1.82) is 0 Å². The number of nitrogens with one attached hydrogen (secondary N) is 1. The number of aliphatic hydroxyl groups excluding tert-OH is 2. The Morgan fingerprint density at radius 2 is 1.71 bits per heavy atom. The number of aliphatic hydroxyl groups is 2. The average Bonchev–Trinajstić information content (AvgIpc) is 2.21. The minimum Gasteiger partial charge on any atom is -0.395 e. The highest BCUT2D eigenvalue weighted by molar-refractivity contribution is 4.69. The third-order valence-electron chi connectivity index (χ3n) is 2.45. The standard InChI is InChI=1S/C11H25NO2/c1-3-4-5-6-7-10(2)12-11(8-13)9-14/h10-14H,3-9H2,1-2H3. The zero-order valence-corrected chi connectivity index (χ0v) is 9.50. The normalized spacial score (nSPS) is 13.5. The second-order valence-electron chi connectivity index (χ2n) is 3.98. The van der Waals surface area contributed by atoms with Gasteiger partial charge in [-0.25, -0.2) is 0 Å². The van der Waals surface area contributed by atoms with Crippen LogP contribution in [-0.2, 0) is 0 Å². The number of rotatable bonds is 9. The first-order valence-electron chi connectivity index (χ1n) is 5.72. The van der Waals surface area contributed by atoms with Crippen LogP contribution in [0.15, 0.2) is 0 Å². The van der Waals surface area contributed by atoms with Crippen LogP contribution in [0.25, 0.3) is 0 Å². The van der Waals surface area contributed by atoms with Crippen molar-refractivity contribution in [2.75, 3.05) is 13.2 Å². The van der Waals surface area contributed by atoms with Gasteiger partial charge in [0.05, 0.1) is 19.3 Å². The van der Waals surface area contributed by atoms with Crippen molar-refractivity contribution in [2.24, 2.45) is 0 Å². The van der Waals surface area contributed by atoms with Crippen LogP contribution < -0.4 is 5.32 Å². The maximum absolute atomic E-state index is 8.86. The fraction of sp³-hybridized carbons (Fsp3) is 1.00. The van der Waals surface area contributed by atoms with Crippen molar-refractivity contribution in [3.63, 3.8) is 0 Å². The molecule has 1 unspecified atom stereocenters. The zero-order valence-electron chi connectivity index (χ0n) is 9.50. The summed E-state index contributed by atoms with van der Waals surface area (Å²) < 4.78 is 0. The van der Waals surface area contributed by atoms with Crippen LogP contribution in [-0.4, -0.2) is 35.5 Å². The van der Waals surface area contributed by atoms with Gasteiger partial charge in [0.1, 0.15) is 0 Å². The molecule has 3 heteroatoms. The maximum atomic E-state index is 8.86. The minimum absolute atomic E-state index is 0.00972. The van der Waals surface area contributed by atoms with Crippen molar-refractivity contribution in [2.45, 2.75) is 58.0 Å². The molecular formula is C11H25NO2. The molecule has 0 spiro atoms. The summed E-state index contributed by atoms with van der Waals surface area (Å²) in [6, 6.07) is 0.229. The van der Waals surface area contributed by atoms with Gasteiger partial charge in [-0.2, -0.15) is 0 Å². The molecule has 0 radical (unpaired) electrons. The van der Waals surface area contributed by atoms with Crippen LogP contribution in [0.4, 0.5) is 0 Å². The van der Waals surface area contributed by atoms with E-state index in [-0.39, 0.29) is 19.3 Å². The van der Waals surface area contributed by atoms with Crippen LogP contribution in [0.2, 0.25) is 0 Å². The predicted molar refractivity (Wildman–Crippen MR) is 59.3 cm³/mol. The van der Waals surface area contributed by atoms with Crippen LogP contribution >= 0.6 is 0 Å². The van der Waals surface area contributed by atoms with Crippen molar-refractivity contribution >= 4 is 0 Å². The summed E-state index contributed by atoms with van der Waals surface area (Å²) in [6.45, 7) is 4.32. The zero-order chi connectivity index (χ0) is 10.8. The topological polar surface area (TPSA) is 52.5 Å². The number of hydrogen-bond donors (Lipinski definition) is 3. The second kappa shape index (κ2) is 9.44. The van der Waals surface area contributed by atoms with Crippen molar-refractivity contribution < 1.29 is 10.2 Å². The van der Waals surface area contributed by atoms with E-state index in [9.17, 15) is 0 Å². The molecule has 0 saturated heterocycles. The Balaban J connectivity index is 3.38. The van der Waals surface area contributed by atoms with Gasteiger partial charge in [0.2, 0.25) is 0 Å². The van der Waals surface area contributed by atoms with Gasteiger partial charge in [0.25, 0.3) is 0 Å². The fourth-order valence-corrected chi connectivity index (χ4v) is 1.53. The molecule has 14 heavy (non-hydrogen) atoms. The van der Waals surface area contributed by atoms with E-state index in [1.54, 1.807) is 0 Å². The molecule has 3 nitrogen and oxygen atoms in total. The van der Waals surface area contributed by atoms with Crippen LogP contribution in [0.5, 0.6) is 0 Å². The highest BCUT2D eigenvalue weighted by Crippen LogP contribution is 2.05. The molecule has 0 aliphatic heterocycles. The molecule has 0 rings (SSSR count). The summed E-state index contributed by atoms with van der Waals surface area (Å²) in [5.74, 6) is 0. The molecule has 0 fully saturated rings. The summed E-state index contributed by atoms with van der Waals surface area (Å²) in [5, 5.41) is 20.9. The van der Waals surface area contributed by atoms with Gasteiger partial charge in [-0.15, -0.1) is 0 Å². The molecule has 0 aliphatic rings. The van der Waals surface area contributed by atoms with E-state index >= 15 is 0 Å². The molecule has 0 heterocycles. The van der Waals surface area contributed by atoms with E-state index in [1.165, 1.54) is 25.7 Å². The van der Waals surface area contributed by atoms with Gasteiger partial charge in [0, 0.05) is 6.04 Å². The van der Waals surface area contributed by atoms with E-state index in [1.807, 2.05) is 0 Å². The maximum Gasteiger partial charge on any atom is 0.0607 e. The van der Waals surface area contributed by atoms with Gasteiger partial charge in [-0.1, -0.05) is 32.6 Å². The lowest BCUT2D eigenvalue weighted by Crippen LogP contribution is -2.41. The SMILES string of the molecule is CCCCCCC(C)NC(CO)CO. The largest absolute Gasteiger partial charge is 0.395 e. The van der Waals surface area contributed by atoms with Gasteiger partial charge < -0.3 is 15.5 Å². The van der Waals surface area contributed by atoms with Gasteiger partial charge in [-0.3, -0.25) is 0 Å². The lowest BCUT2D eigenvalue weighted by molar-refractivity contribution is 0.162. The molecule has 0 saturated carbocycles. The first-order chi connectivity index (χ1) is 6.74. The Hall–Kier alpha value is -0.120. The molecule has 0 aromatic carbocycles. The fourth-order valence-electron chi connectivity index (χ4n) is 1.53. The summed E-state index contributed by atoms with van der Waals surface area (Å²) in [4.78, 5) is 0. The van der Waals surface area contributed by atoms with Crippen LogP contribution in [0, 0.1) is 0 Å². The number of unbranched alkanes of at least 4 members (excludes halogenated alkanes) is 3. The summed E-state index contributed by atoms with van der Waals surface area (Å²) in [5.41, 5.74) is 0. The third-order valence-corrected chi connectivity index (χ3v) is 2.45. The van der Waals surface area contributed by atoms with Crippen LogP contribution in [0.3, 0.4) is 0 Å². The lowest BCUT2D eigenvalue weighted by Gasteiger charge is -2.19. The van der Waals surface area contributed by atoms with E-state index in [4.69, 9.17) is 10.2 Å². The first kappa shape index (κ1) is 13.9. The molecule has 0 amide bonds. The monoisotopic (exact) mass is 203 g/mol. The van der Waals surface area contributed by atoms with E-state index in [0.29, 0.717) is 6.04 Å². The smallest absolute Gasteiger partial charge is 0.0607 e. The quantitative estimate of drug-likeness (QED) is 0.495. The Morgan fingerprint density at radius 3 is 2.21 bits per heavy atom. The minimum atomic E-state index is -0.156. The highest BCUT2D eigenvalue weighted by Gasteiger charge is 2.08. The summed E-state index contributed by atoms with van der Waals surface area (Å²) in [6.07, 6.45) is 6.20. The average molecular weight is 203 g/mol. The first-order valence-corrected chi connectivity index (χ1v) is 5.72. The van der Waals surface area contributed by atoms with Gasteiger partial charge in [-0.05, 0) is 13.3 Å². The molecule has 0 aliphatic carbocycles. The molecular weight excluding hydrogens is 178 g/mol. The van der Waals surface area contributed by atoms with Crippen molar-refractivity contribution in [3.8, 4) is 0 Å².